The van der Waals surface area contributed by atoms with Crippen molar-refractivity contribution in [2.75, 3.05) is 4.90 Å². The Morgan fingerprint density at radius 2 is 1.05 bits per heavy atom. The van der Waals surface area contributed by atoms with Gasteiger partial charge in [0, 0.05) is 99.3 Å². The first kappa shape index (κ1) is 30.7. The van der Waals surface area contributed by atoms with Crippen molar-refractivity contribution in [3.8, 4) is 11.1 Å². The molecule has 6 heterocycles. The number of hydrogen-bond donors (Lipinski definition) is 0. The van der Waals surface area contributed by atoms with Crippen LogP contribution in [0.15, 0.2) is 164 Å². The molecule has 6 heteroatoms. The Hall–Kier alpha value is -6.44. The van der Waals surface area contributed by atoms with Crippen LogP contribution in [-0.4, -0.2) is 11.3 Å². The Morgan fingerprint density at radius 1 is 0.414 bits per heavy atom. The lowest BCUT2D eigenvalue weighted by molar-refractivity contribution is 1.28. The lowest BCUT2D eigenvalue weighted by Gasteiger charge is -2.41. The minimum atomic E-state index is -0.0318. The minimum absolute atomic E-state index is 0.0318. The highest BCUT2D eigenvalue weighted by Crippen LogP contribution is 2.52. The summed E-state index contributed by atoms with van der Waals surface area (Å²) in [7, 11) is 0. The summed E-state index contributed by atoms with van der Waals surface area (Å²) >= 11 is 5.73. The van der Waals surface area contributed by atoms with Gasteiger partial charge in [0.25, 0.3) is 0 Å². The SMILES string of the molecule is c1ccc2cc3c(cc2c1)c1cccc2c1n3B1c3cc4sc5ccccc5c4cc3N(c3ccc4sc5ccccc5c4c3)c3c1c-2cc1sc2ccccc2c31. The molecule has 0 saturated heterocycles. The third-order valence-electron chi connectivity index (χ3n) is 13.1. The highest BCUT2D eigenvalue weighted by atomic mass is 32.1. The van der Waals surface area contributed by atoms with Gasteiger partial charge in [0.05, 0.1) is 5.69 Å². The molecule has 0 saturated carbocycles. The quantitative estimate of drug-likeness (QED) is 0.151. The van der Waals surface area contributed by atoms with E-state index in [-0.39, 0.29) is 6.85 Å². The van der Waals surface area contributed by atoms with Crippen LogP contribution in [0.2, 0.25) is 0 Å². The molecule has 0 radical (unpaired) electrons. The largest absolute Gasteiger partial charge is 0.375 e. The van der Waals surface area contributed by atoms with Gasteiger partial charge in [-0.05, 0) is 94.0 Å². The summed E-state index contributed by atoms with van der Waals surface area (Å²) < 4.78 is 10.7. The highest BCUT2D eigenvalue weighted by Gasteiger charge is 2.44. The molecule has 4 aromatic heterocycles. The number of para-hydroxylation sites is 1. The molecule has 0 spiro atoms. The van der Waals surface area contributed by atoms with Crippen LogP contribution in [0.25, 0.3) is 104 Å². The van der Waals surface area contributed by atoms with Crippen molar-refractivity contribution in [1.82, 2.24) is 4.48 Å². The molecule has 0 amide bonds. The average molecular weight is 787 g/mol. The lowest BCUT2D eigenvalue weighted by Crippen LogP contribution is -2.56. The summed E-state index contributed by atoms with van der Waals surface area (Å²) in [5.41, 5.74) is 11.8. The van der Waals surface area contributed by atoms with Crippen molar-refractivity contribution >= 4 is 162 Å². The molecule has 15 rings (SSSR count). The topological polar surface area (TPSA) is 8.17 Å². The van der Waals surface area contributed by atoms with E-state index in [2.05, 4.69) is 173 Å². The van der Waals surface area contributed by atoms with Crippen LogP contribution in [0.1, 0.15) is 0 Å². The summed E-state index contributed by atoms with van der Waals surface area (Å²) in [6, 6.07) is 62.5. The first-order valence-electron chi connectivity index (χ1n) is 19.9. The second-order valence-electron chi connectivity index (χ2n) is 16.0. The zero-order valence-corrected chi connectivity index (χ0v) is 33.2. The molecule has 0 fully saturated rings. The fourth-order valence-corrected chi connectivity index (χ4v) is 14.1. The molecular formula is C52H27BN2S3. The van der Waals surface area contributed by atoms with Gasteiger partial charge in [-0.25, -0.2) is 0 Å². The predicted octanol–water partition coefficient (Wildman–Crippen LogP) is 14.5. The zero-order chi connectivity index (χ0) is 37.4. The van der Waals surface area contributed by atoms with Gasteiger partial charge in [-0.2, -0.15) is 0 Å². The van der Waals surface area contributed by atoms with Crippen molar-refractivity contribution in [2.24, 2.45) is 0 Å². The molecule has 2 nitrogen and oxygen atoms in total. The number of nitrogens with zero attached hydrogens (tertiary/aromatic N) is 2. The number of aromatic nitrogens is 1. The molecule has 58 heavy (non-hydrogen) atoms. The van der Waals surface area contributed by atoms with Crippen LogP contribution in [0, 0.1) is 0 Å². The normalized spacial score (nSPS) is 13.4. The smallest absolute Gasteiger partial charge is 0.333 e. The van der Waals surface area contributed by atoms with Gasteiger partial charge in [-0.1, -0.05) is 97.1 Å². The van der Waals surface area contributed by atoms with E-state index in [0.29, 0.717) is 0 Å². The fourth-order valence-electron chi connectivity index (χ4n) is 10.7. The summed E-state index contributed by atoms with van der Waals surface area (Å²) in [5.74, 6) is 0. The van der Waals surface area contributed by atoms with Crippen LogP contribution in [-0.2, 0) is 0 Å². The molecule has 0 atom stereocenters. The van der Waals surface area contributed by atoms with Gasteiger partial charge in [0.2, 0.25) is 0 Å². The monoisotopic (exact) mass is 786 g/mol. The Balaban J connectivity index is 1.17. The number of fused-ring (bicyclic) bond motifs is 18. The average Bonchev–Trinajstić information content (AvgIpc) is 4.02. The molecule has 2 aliphatic heterocycles. The van der Waals surface area contributed by atoms with Gasteiger partial charge in [0.1, 0.15) is 0 Å². The number of anilines is 3. The second kappa shape index (κ2) is 10.7. The van der Waals surface area contributed by atoms with Crippen molar-refractivity contribution in [1.29, 1.82) is 0 Å². The zero-order valence-electron chi connectivity index (χ0n) is 30.8. The van der Waals surface area contributed by atoms with Crippen LogP contribution < -0.4 is 15.8 Å². The lowest BCUT2D eigenvalue weighted by atomic mass is 9.45. The molecule has 0 unspecified atom stereocenters. The van der Waals surface area contributed by atoms with E-state index < -0.39 is 0 Å². The number of benzene rings is 9. The Morgan fingerprint density at radius 3 is 1.86 bits per heavy atom. The molecular weight excluding hydrogens is 760 g/mol. The van der Waals surface area contributed by atoms with E-state index in [1.807, 2.05) is 34.0 Å². The minimum Gasteiger partial charge on any atom is -0.375 e. The van der Waals surface area contributed by atoms with Crippen LogP contribution in [0.4, 0.5) is 17.1 Å². The standard InChI is InChI=1S/C52H27BN2S3/c1-2-11-29-23-41-36(22-28(29)10-1)33-15-9-16-34-39-26-48-49(35-14-5-8-19-45(35)58-48)52-50(39)53(55(41)51(33)34)40-27-47-38(32-13-4-7-18-44(32)57-47)25-42(40)54(52)30-20-21-46-37(24-30)31-12-3-6-17-43(31)56-46/h1-27H. The van der Waals surface area contributed by atoms with Crippen LogP contribution in [0.3, 0.4) is 0 Å². The van der Waals surface area contributed by atoms with E-state index in [1.165, 1.54) is 132 Å². The molecule has 13 aromatic rings. The Bertz CT molecular complexity index is 4010. The molecule has 0 N–H and O–H groups in total. The highest BCUT2D eigenvalue weighted by molar-refractivity contribution is 7.27. The van der Waals surface area contributed by atoms with Crippen molar-refractivity contribution < 1.29 is 0 Å². The van der Waals surface area contributed by atoms with Crippen LogP contribution in [0.5, 0.6) is 0 Å². The first-order chi connectivity index (χ1) is 28.7. The number of rotatable bonds is 1. The summed E-state index contributed by atoms with van der Waals surface area (Å²) in [6.07, 6.45) is 0. The van der Waals surface area contributed by atoms with E-state index in [9.17, 15) is 0 Å². The third-order valence-corrected chi connectivity index (χ3v) is 16.5. The van der Waals surface area contributed by atoms with Crippen LogP contribution >= 0.6 is 34.0 Å². The molecule has 2 aliphatic rings. The third kappa shape index (κ3) is 3.75. The molecule has 9 aromatic carbocycles. The number of hydrogen-bond acceptors (Lipinski definition) is 4. The fraction of sp³-hybridized carbons (Fsp3) is 0. The predicted molar refractivity (Wildman–Crippen MR) is 256 cm³/mol. The summed E-state index contributed by atoms with van der Waals surface area (Å²) in [4.78, 5) is 2.66. The first-order valence-corrected chi connectivity index (χ1v) is 22.3. The molecule has 0 bridgehead atoms. The van der Waals surface area contributed by atoms with Gasteiger partial charge in [-0.3, -0.25) is 0 Å². The molecule has 0 aliphatic carbocycles. The Kier molecular flexibility index (Phi) is 5.68. The van der Waals surface area contributed by atoms with E-state index in [1.54, 1.807) is 0 Å². The summed E-state index contributed by atoms with van der Waals surface area (Å²) in [5, 5.41) is 13.1. The molecule has 266 valence electrons. The maximum Gasteiger partial charge on any atom is 0.333 e. The van der Waals surface area contributed by atoms with E-state index in [0.717, 1.165) is 0 Å². The summed E-state index contributed by atoms with van der Waals surface area (Å²) in [6.45, 7) is -0.0318. The maximum atomic E-state index is 2.73. The van der Waals surface area contributed by atoms with Gasteiger partial charge >= 0.3 is 6.85 Å². The number of thiophene rings is 3. The van der Waals surface area contributed by atoms with Crippen molar-refractivity contribution in [3.63, 3.8) is 0 Å². The van der Waals surface area contributed by atoms with E-state index in [4.69, 9.17) is 0 Å². The van der Waals surface area contributed by atoms with Gasteiger partial charge < -0.3 is 9.38 Å². The van der Waals surface area contributed by atoms with Gasteiger partial charge in [-0.15, -0.1) is 34.0 Å². The second-order valence-corrected chi connectivity index (χ2v) is 19.2. The van der Waals surface area contributed by atoms with Gasteiger partial charge in [0.15, 0.2) is 0 Å². The maximum absolute atomic E-state index is 2.73. The van der Waals surface area contributed by atoms with Crippen molar-refractivity contribution in [2.45, 2.75) is 0 Å². The Labute approximate surface area is 344 Å². The van der Waals surface area contributed by atoms with Crippen molar-refractivity contribution in [3.05, 3.63) is 164 Å². The van der Waals surface area contributed by atoms with E-state index >= 15 is 0 Å².